The number of carbonyl (C=O) groups is 2. The summed E-state index contributed by atoms with van der Waals surface area (Å²) in [5.41, 5.74) is 2.87. The van der Waals surface area contributed by atoms with Crippen molar-refractivity contribution >= 4 is 34.3 Å². The van der Waals surface area contributed by atoms with Gasteiger partial charge in [-0.15, -0.1) is 0 Å². The first kappa shape index (κ1) is 17.1. The number of nitrogens with one attached hydrogen (secondary N) is 1. The first-order chi connectivity index (χ1) is 11.9. The molecule has 2 aromatic rings. The zero-order valence-electron chi connectivity index (χ0n) is 14.7. The first-order valence-corrected chi connectivity index (χ1v) is 8.23. The highest BCUT2D eigenvalue weighted by Gasteiger charge is 2.21. The number of aryl methyl sites for hydroxylation is 2. The van der Waals surface area contributed by atoms with Crippen LogP contribution in [-0.4, -0.2) is 41.2 Å². The number of nitrogens with zero attached hydrogens (tertiary/aromatic N) is 3. The van der Waals surface area contributed by atoms with Crippen LogP contribution in [0.25, 0.3) is 11.0 Å². The largest absolute Gasteiger partial charge is 0.469 e. The Kier molecular flexibility index (Phi) is 4.52. The molecule has 3 rings (SSSR count). The van der Waals surface area contributed by atoms with Crippen LogP contribution in [0.5, 0.6) is 0 Å². The van der Waals surface area contributed by atoms with E-state index in [1.165, 1.54) is 7.11 Å². The van der Waals surface area contributed by atoms with E-state index >= 15 is 0 Å². The van der Waals surface area contributed by atoms with Crippen LogP contribution >= 0.6 is 0 Å². The predicted molar refractivity (Wildman–Crippen MR) is 94.9 cm³/mol. The molecule has 0 unspecified atom stereocenters. The molecule has 1 fully saturated rings. The van der Waals surface area contributed by atoms with Crippen molar-refractivity contribution in [1.82, 2.24) is 9.13 Å². The summed E-state index contributed by atoms with van der Waals surface area (Å²) in [6, 6.07) is 3.72. The standard InChI is InChI=1S/C17H22N4O4/c1-19-13-8-11(18-15(22)10-16(23)25-3)12(21-6-4-5-7-21)9-14(13)20(2)17(19)24/h8-9H,4-7,10H2,1-3H3,(H,18,22). The van der Waals surface area contributed by atoms with Gasteiger partial charge in [0.25, 0.3) is 0 Å². The van der Waals surface area contributed by atoms with E-state index in [0.717, 1.165) is 42.7 Å². The zero-order chi connectivity index (χ0) is 18.1. The van der Waals surface area contributed by atoms with Gasteiger partial charge in [-0.2, -0.15) is 0 Å². The number of benzene rings is 1. The Labute approximate surface area is 145 Å². The fraction of sp³-hybridized carbons (Fsp3) is 0.471. The molecule has 1 aliphatic rings. The second-order valence-electron chi connectivity index (χ2n) is 6.25. The van der Waals surface area contributed by atoms with Gasteiger partial charge in [-0.3, -0.25) is 18.7 Å². The number of aromatic nitrogens is 2. The van der Waals surface area contributed by atoms with Crippen LogP contribution < -0.4 is 15.9 Å². The highest BCUT2D eigenvalue weighted by atomic mass is 16.5. The molecule has 0 saturated carbocycles. The van der Waals surface area contributed by atoms with Gasteiger partial charge in [-0.25, -0.2) is 4.79 Å². The Hall–Kier alpha value is -2.77. The van der Waals surface area contributed by atoms with E-state index in [9.17, 15) is 14.4 Å². The molecular formula is C17H22N4O4. The smallest absolute Gasteiger partial charge is 0.328 e. The molecule has 1 N–H and O–H groups in total. The summed E-state index contributed by atoms with van der Waals surface area (Å²) in [6.07, 6.45) is 1.82. The number of esters is 1. The molecule has 1 saturated heterocycles. The van der Waals surface area contributed by atoms with E-state index in [2.05, 4.69) is 15.0 Å². The third kappa shape index (κ3) is 3.11. The average Bonchev–Trinajstić information content (AvgIpc) is 3.19. The molecule has 0 bridgehead atoms. The maximum atomic E-state index is 12.2. The quantitative estimate of drug-likeness (QED) is 0.659. The Morgan fingerprint density at radius 3 is 2.32 bits per heavy atom. The minimum atomic E-state index is -0.589. The highest BCUT2D eigenvalue weighted by molar-refractivity contribution is 6.05. The number of hydrogen-bond donors (Lipinski definition) is 1. The zero-order valence-corrected chi connectivity index (χ0v) is 14.7. The molecule has 1 amide bonds. The molecule has 0 radical (unpaired) electrons. The van der Waals surface area contributed by atoms with E-state index in [0.29, 0.717) is 5.69 Å². The summed E-state index contributed by atoms with van der Waals surface area (Å²) >= 11 is 0. The van der Waals surface area contributed by atoms with Gasteiger partial charge in [0.15, 0.2) is 0 Å². The molecule has 2 heterocycles. The molecular weight excluding hydrogens is 324 g/mol. The third-order valence-electron chi connectivity index (χ3n) is 4.64. The van der Waals surface area contributed by atoms with E-state index in [4.69, 9.17) is 0 Å². The van der Waals surface area contributed by atoms with Crippen molar-refractivity contribution in [3.8, 4) is 0 Å². The number of imidazole rings is 1. The van der Waals surface area contributed by atoms with Gasteiger partial charge in [0.05, 0.1) is 29.5 Å². The van der Waals surface area contributed by atoms with Crippen LogP contribution in [0.3, 0.4) is 0 Å². The van der Waals surface area contributed by atoms with Crippen LogP contribution in [-0.2, 0) is 28.4 Å². The van der Waals surface area contributed by atoms with Gasteiger partial charge in [-0.05, 0) is 25.0 Å². The minimum Gasteiger partial charge on any atom is -0.469 e. The topological polar surface area (TPSA) is 85.6 Å². The van der Waals surface area contributed by atoms with Crippen molar-refractivity contribution in [2.24, 2.45) is 14.1 Å². The Balaban J connectivity index is 2.06. The van der Waals surface area contributed by atoms with E-state index in [1.54, 1.807) is 29.3 Å². The number of anilines is 2. The van der Waals surface area contributed by atoms with Crippen molar-refractivity contribution in [1.29, 1.82) is 0 Å². The summed E-state index contributed by atoms with van der Waals surface area (Å²) in [4.78, 5) is 37.9. The van der Waals surface area contributed by atoms with Crippen molar-refractivity contribution in [2.75, 3.05) is 30.4 Å². The van der Waals surface area contributed by atoms with Gasteiger partial charge >= 0.3 is 11.7 Å². The molecule has 0 aliphatic carbocycles. The van der Waals surface area contributed by atoms with Crippen LogP contribution in [0.15, 0.2) is 16.9 Å². The number of carbonyl (C=O) groups excluding carboxylic acids is 2. The highest BCUT2D eigenvalue weighted by Crippen LogP contribution is 2.33. The van der Waals surface area contributed by atoms with Crippen LogP contribution in [0.1, 0.15) is 19.3 Å². The molecule has 1 aliphatic heterocycles. The third-order valence-corrected chi connectivity index (χ3v) is 4.64. The van der Waals surface area contributed by atoms with E-state index < -0.39 is 11.9 Å². The summed E-state index contributed by atoms with van der Waals surface area (Å²) in [5.74, 6) is -1.03. The van der Waals surface area contributed by atoms with Crippen molar-refractivity contribution in [3.05, 3.63) is 22.6 Å². The number of rotatable bonds is 4. The van der Waals surface area contributed by atoms with E-state index in [-0.39, 0.29) is 12.1 Å². The molecule has 25 heavy (non-hydrogen) atoms. The predicted octanol–water partition coefficient (Wildman–Crippen LogP) is 0.979. The minimum absolute atomic E-state index is 0.125. The Morgan fingerprint density at radius 2 is 1.72 bits per heavy atom. The first-order valence-electron chi connectivity index (χ1n) is 8.23. The second kappa shape index (κ2) is 6.62. The lowest BCUT2D eigenvalue weighted by Crippen LogP contribution is -2.22. The lowest BCUT2D eigenvalue weighted by Gasteiger charge is -2.22. The van der Waals surface area contributed by atoms with Crippen LogP contribution in [0.4, 0.5) is 11.4 Å². The van der Waals surface area contributed by atoms with Gasteiger partial charge in [-0.1, -0.05) is 0 Å². The Bertz CT molecular complexity index is 890. The fourth-order valence-electron chi connectivity index (χ4n) is 3.25. The normalized spacial score (nSPS) is 14.1. The fourth-order valence-corrected chi connectivity index (χ4v) is 3.25. The lowest BCUT2D eigenvalue weighted by atomic mass is 10.2. The summed E-state index contributed by atoms with van der Waals surface area (Å²) in [6.45, 7) is 1.79. The average molecular weight is 346 g/mol. The molecule has 134 valence electrons. The summed E-state index contributed by atoms with van der Waals surface area (Å²) < 4.78 is 7.67. The molecule has 0 spiro atoms. The molecule has 1 aromatic heterocycles. The van der Waals surface area contributed by atoms with Crippen LogP contribution in [0.2, 0.25) is 0 Å². The number of hydrogen-bond acceptors (Lipinski definition) is 5. The second-order valence-corrected chi connectivity index (χ2v) is 6.25. The number of methoxy groups -OCH3 is 1. The van der Waals surface area contributed by atoms with Gasteiger partial charge in [0.2, 0.25) is 5.91 Å². The molecule has 8 heteroatoms. The maximum Gasteiger partial charge on any atom is 0.328 e. The van der Waals surface area contributed by atoms with Crippen molar-refractivity contribution < 1.29 is 14.3 Å². The number of ether oxygens (including phenoxy) is 1. The monoisotopic (exact) mass is 346 g/mol. The number of amides is 1. The lowest BCUT2D eigenvalue weighted by molar-refractivity contribution is -0.142. The SMILES string of the molecule is COC(=O)CC(=O)Nc1cc2c(cc1N1CCCC1)n(C)c(=O)n2C. The van der Waals surface area contributed by atoms with Crippen LogP contribution in [0, 0.1) is 0 Å². The van der Waals surface area contributed by atoms with Gasteiger partial charge < -0.3 is 15.0 Å². The molecule has 8 nitrogen and oxygen atoms in total. The van der Waals surface area contributed by atoms with Gasteiger partial charge in [0.1, 0.15) is 6.42 Å². The van der Waals surface area contributed by atoms with Crippen molar-refractivity contribution in [2.45, 2.75) is 19.3 Å². The summed E-state index contributed by atoms with van der Waals surface area (Å²) in [5, 5.41) is 2.79. The number of fused-ring (bicyclic) bond motifs is 1. The molecule has 0 atom stereocenters. The Morgan fingerprint density at radius 1 is 1.12 bits per heavy atom. The van der Waals surface area contributed by atoms with Crippen molar-refractivity contribution in [3.63, 3.8) is 0 Å². The molecule has 1 aromatic carbocycles. The van der Waals surface area contributed by atoms with E-state index in [1.807, 2.05) is 6.07 Å². The van der Waals surface area contributed by atoms with Gasteiger partial charge in [0, 0.05) is 27.2 Å². The summed E-state index contributed by atoms with van der Waals surface area (Å²) in [7, 11) is 4.67. The maximum absolute atomic E-state index is 12.2.